The fourth-order valence-electron chi connectivity index (χ4n) is 2.30. The molecule has 0 aliphatic rings. The molecular weight excluding hydrogens is 348 g/mol. The van der Waals surface area contributed by atoms with Crippen LogP contribution in [0, 0.1) is 0 Å². The lowest BCUT2D eigenvalue weighted by molar-refractivity contribution is -0.0503. The molecule has 1 aromatic heterocycles. The first-order valence-electron chi connectivity index (χ1n) is 7.48. The third-order valence-electron chi connectivity index (χ3n) is 3.45. The van der Waals surface area contributed by atoms with Crippen molar-refractivity contribution in [3.8, 4) is 5.75 Å². The molecule has 2 aromatic carbocycles. The summed E-state index contributed by atoms with van der Waals surface area (Å²) in [5.74, 6) is 0.472. The molecule has 3 rings (SSSR count). The highest BCUT2D eigenvalue weighted by Crippen LogP contribution is 2.27. The molecule has 5 nitrogen and oxygen atoms in total. The van der Waals surface area contributed by atoms with Crippen LogP contribution in [0.1, 0.15) is 11.1 Å². The number of para-hydroxylation sites is 1. The van der Waals surface area contributed by atoms with E-state index in [1.54, 1.807) is 18.2 Å². The predicted molar refractivity (Wildman–Crippen MR) is 91.0 cm³/mol. The van der Waals surface area contributed by atoms with Gasteiger partial charge in [-0.25, -0.2) is 9.89 Å². The van der Waals surface area contributed by atoms with Crippen molar-refractivity contribution in [1.29, 1.82) is 0 Å². The number of alkyl halides is 2. The van der Waals surface area contributed by atoms with Crippen LogP contribution in [0.25, 0.3) is 0 Å². The van der Waals surface area contributed by atoms with Crippen molar-refractivity contribution in [3.63, 3.8) is 0 Å². The van der Waals surface area contributed by atoms with Crippen molar-refractivity contribution >= 4 is 11.8 Å². The Hall–Kier alpha value is -2.61. The minimum atomic E-state index is -2.88. The second kappa shape index (κ2) is 7.98. The molecule has 0 saturated heterocycles. The molecule has 130 valence electrons. The van der Waals surface area contributed by atoms with Gasteiger partial charge in [-0.15, -0.1) is 5.10 Å². The zero-order valence-electron chi connectivity index (χ0n) is 13.1. The number of thioether (sulfide) groups is 1. The normalized spacial score (nSPS) is 11.0. The number of H-pyrrole nitrogens is 1. The van der Waals surface area contributed by atoms with E-state index in [-0.39, 0.29) is 11.4 Å². The smallest absolute Gasteiger partial charge is 0.387 e. The Labute approximate surface area is 146 Å². The Bertz CT molecular complexity index is 881. The largest absolute Gasteiger partial charge is 0.435 e. The Morgan fingerprint density at radius 3 is 2.60 bits per heavy atom. The summed E-state index contributed by atoms with van der Waals surface area (Å²) in [4.78, 5) is 12.0. The molecule has 0 atom stereocenters. The van der Waals surface area contributed by atoms with Crippen LogP contribution in [-0.4, -0.2) is 21.4 Å². The highest BCUT2D eigenvalue weighted by molar-refractivity contribution is 7.98. The minimum Gasteiger partial charge on any atom is -0.435 e. The van der Waals surface area contributed by atoms with Gasteiger partial charge in [0.15, 0.2) is 5.16 Å². The van der Waals surface area contributed by atoms with Gasteiger partial charge in [0.2, 0.25) is 0 Å². The maximum Gasteiger partial charge on any atom is 0.387 e. The van der Waals surface area contributed by atoms with Gasteiger partial charge < -0.3 is 4.74 Å². The molecule has 25 heavy (non-hydrogen) atoms. The highest BCUT2D eigenvalue weighted by Gasteiger charge is 2.13. The van der Waals surface area contributed by atoms with Crippen LogP contribution in [0.15, 0.2) is 64.5 Å². The van der Waals surface area contributed by atoms with Gasteiger partial charge in [-0.1, -0.05) is 60.3 Å². The summed E-state index contributed by atoms with van der Waals surface area (Å²) in [6.45, 7) is -2.50. The summed E-state index contributed by atoms with van der Waals surface area (Å²) in [5, 5.41) is 6.93. The van der Waals surface area contributed by atoms with E-state index in [9.17, 15) is 13.6 Å². The summed E-state index contributed by atoms with van der Waals surface area (Å²) in [6, 6.07) is 16.1. The number of hydrogen-bond acceptors (Lipinski definition) is 4. The number of halogens is 2. The van der Waals surface area contributed by atoms with Gasteiger partial charge in [0.25, 0.3) is 0 Å². The van der Waals surface area contributed by atoms with Gasteiger partial charge in [0.1, 0.15) is 5.75 Å². The summed E-state index contributed by atoms with van der Waals surface area (Å²) >= 11 is 1.28. The third-order valence-corrected chi connectivity index (χ3v) is 4.48. The Balaban J connectivity index is 1.76. The van der Waals surface area contributed by atoms with Crippen LogP contribution in [0.5, 0.6) is 5.75 Å². The van der Waals surface area contributed by atoms with Crippen LogP contribution in [0.3, 0.4) is 0 Å². The first-order chi connectivity index (χ1) is 12.1. The van der Waals surface area contributed by atoms with Gasteiger partial charge in [-0.05, 0) is 11.6 Å². The quantitative estimate of drug-likeness (QED) is 0.653. The molecule has 0 unspecified atom stereocenters. The van der Waals surface area contributed by atoms with Crippen LogP contribution >= 0.6 is 11.8 Å². The summed E-state index contributed by atoms with van der Waals surface area (Å²) in [5.41, 5.74) is 1.26. The zero-order chi connectivity index (χ0) is 17.6. The van der Waals surface area contributed by atoms with Crippen LogP contribution in [0.4, 0.5) is 8.78 Å². The van der Waals surface area contributed by atoms with Crippen molar-refractivity contribution in [2.45, 2.75) is 24.1 Å². The van der Waals surface area contributed by atoms with Crippen LogP contribution in [0.2, 0.25) is 0 Å². The molecule has 0 fully saturated rings. The van der Waals surface area contributed by atoms with Crippen LogP contribution < -0.4 is 10.4 Å². The Morgan fingerprint density at radius 2 is 1.84 bits per heavy atom. The van der Waals surface area contributed by atoms with E-state index in [0.29, 0.717) is 23.0 Å². The fourth-order valence-corrected chi connectivity index (χ4v) is 3.23. The number of benzene rings is 2. The number of aromatic amines is 1. The number of ether oxygens (including phenoxy) is 1. The second-order valence-electron chi connectivity index (χ2n) is 5.16. The SMILES string of the molecule is O=c1[nH]nc(SCc2ccccc2OC(F)F)n1Cc1ccccc1. The maximum atomic E-state index is 12.5. The van der Waals surface area contributed by atoms with Crippen molar-refractivity contribution < 1.29 is 13.5 Å². The molecule has 0 aliphatic heterocycles. The molecule has 0 spiro atoms. The molecule has 1 heterocycles. The monoisotopic (exact) mass is 363 g/mol. The van der Waals surface area contributed by atoms with Crippen molar-refractivity contribution in [2.24, 2.45) is 0 Å². The van der Waals surface area contributed by atoms with Gasteiger partial charge >= 0.3 is 12.3 Å². The topological polar surface area (TPSA) is 59.9 Å². The van der Waals surface area contributed by atoms with Crippen LogP contribution in [-0.2, 0) is 12.3 Å². The maximum absolute atomic E-state index is 12.5. The predicted octanol–water partition coefficient (Wildman–Crippen LogP) is 3.51. The molecule has 0 radical (unpaired) electrons. The molecule has 0 amide bonds. The average Bonchev–Trinajstić information content (AvgIpc) is 2.95. The van der Waals surface area contributed by atoms with Gasteiger partial charge in [0, 0.05) is 11.3 Å². The third kappa shape index (κ3) is 4.48. The van der Waals surface area contributed by atoms with E-state index in [4.69, 9.17) is 0 Å². The lowest BCUT2D eigenvalue weighted by atomic mass is 10.2. The second-order valence-corrected chi connectivity index (χ2v) is 6.10. The summed E-state index contributed by atoms with van der Waals surface area (Å²) in [7, 11) is 0. The molecule has 3 aromatic rings. The minimum absolute atomic E-state index is 0.123. The molecular formula is C17H15F2N3O2S. The molecule has 8 heteroatoms. The number of hydrogen-bond donors (Lipinski definition) is 1. The van der Waals surface area contributed by atoms with Gasteiger partial charge in [0.05, 0.1) is 6.54 Å². The van der Waals surface area contributed by atoms with Gasteiger partial charge in [-0.2, -0.15) is 8.78 Å². The van der Waals surface area contributed by atoms with E-state index in [0.717, 1.165) is 5.56 Å². The zero-order valence-corrected chi connectivity index (χ0v) is 13.9. The molecule has 0 saturated carbocycles. The van der Waals surface area contributed by atoms with Gasteiger partial charge in [-0.3, -0.25) is 4.57 Å². The van der Waals surface area contributed by atoms with E-state index in [2.05, 4.69) is 14.9 Å². The molecule has 1 N–H and O–H groups in total. The number of nitrogens with one attached hydrogen (secondary N) is 1. The van der Waals surface area contributed by atoms with E-state index >= 15 is 0 Å². The lowest BCUT2D eigenvalue weighted by Crippen LogP contribution is -2.18. The first-order valence-corrected chi connectivity index (χ1v) is 8.46. The van der Waals surface area contributed by atoms with Crippen molar-refractivity contribution in [1.82, 2.24) is 14.8 Å². The summed E-state index contributed by atoms with van der Waals surface area (Å²) < 4.78 is 31.0. The number of nitrogens with zero attached hydrogens (tertiary/aromatic N) is 2. The fraction of sp³-hybridized carbons (Fsp3) is 0.176. The van der Waals surface area contributed by atoms with Crippen molar-refractivity contribution in [2.75, 3.05) is 0 Å². The standard InChI is InChI=1S/C17H15F2N3O2S/c18-15(19)24-14-9-5-4-8-13(14)11-25-17-21-20-16(23)22(17)10-12-6-2-1-3-7-12/h1-9,15H,10-11H2,(H,20,23). The average molecular weight is 363 g/mol. The van der Waals surface area contributed by atoms with E-state index in [1.165, 1.54) is 22.4 Å². The number of aromatic nitrogens is 3. The highest BCUT2D eigenvalue weighted by atomic mass is 32.2. The lowest BCUT2D eigenvalue weighted by Gasteiger charge is -2.10. The molecule has 0 bridgehead atoms. The number of rotatable bonds is 7. The molecule has 0 aliphatic carbocycles. The van der Waals surface area contributed by atoms with Crippen molar-refractivity contribution in [3.05, 3.63) is 76.2 Å². The first kappa shape index (κ1) is 17.2. The van der Waals surface area contributed by atoms with E-state index < -0.39 is 6.61 Å². The Morgan fingerprint density at radius 1 is 1.12 bits per heavy atom. The summed E-state index contributed by atoms with van der Waals surface area (Å²) in [6.07, 6.45) is 0. The van der Waals surface area contributed by atoms with E-state index in [1.807, 2.05) is 30.3 Å². The Kier molecular flexibility index (Phi) is 5.49.